The summed E-state index contributed by atoms with van der Waals surface area (Å²) in [7, 11) is 0. The van der Waals surface area contributed by atoms with Crippen LogP contribution in [0.15, 0.2) is 0 Å². The molecule has 0 aliphatic carbocycles. The molecule has 0 heterocycles. The van der Waals surface area contributed by atoms with Crippen molar-refractivity contribution in [2.75, 3.05) is 13.2 Å². The summed E-state index contributed by atoms with van der Waals surface area (Å²) in [4.78, 5) is 11.4. The number of ether oxygens (including phenoxy) is 1. The summed E-state index contributed by atoms with van der Waals surface area (Å²) in [6.07, 6.45) is 2.90. The van der Waals surface area contributed by atoms with Gasteiger partial charge in [-0.2, -0.15) is 0 Å². The van der Waals surface area contributed by atoms with E-state index in [2.05, 4.69) is 5.32 Å². The molecule has 1 atom stereocenters. The molecular formula is C14H29NO3. The van der Waals surface area contributed by atoms with Gasteiger partial charge in [-0.05, 0) is 53.0 Å². The highest BCUT2D eigenvalue weighted by atomic mass is 16.5. The molecule has 0 amide bonds. The van der Waals surface area contributed by atoms with Gasteiger partial charge in [0.15, 0.2) is 0 Å². The Morgan fingerprint density at radius 1 is 1.28 bits per heavy atom. The minimum atomic E-state index is -0.794. The van der Waals surface area contributed by atoms with Crippen LogP contribution in [0.2, 0.25) is 0 Å². The number of carboxylic acids is 1. The number of hydrogen-bond donors (Lipinski definition) is 2. The first-order valence-electron chi connectivity index (χ1n) is 6.90. The molecule has 4 heteroatoms. The summed E-state index contributed by atoms with van der Waals surface area (Å²) in [5.41, 5.74) is -0.952. The zero-order valence-corrected chi connectivity index (χ0v) is 12.5. The second kappa shape index (κ2) is 7.74. The van der Waals surface area contributed by atoms with Crippen molar-refractivity contribution in [2.24, 2.45) is 0 Å². The predicted molar refractivity (Wildman–Crippen MR) is 73.9 cm³/mol. The second-order valence-electron chi connectivity index (χ2n) is 5.73. The van der Waals surface area contributed by atoms with Gasteiger partial charge in [-0.3, -0.25) is 4.79 Å². The first-order chi connectivity index (χ1) is 8.27. The van der Waals surface area contributed by atoms with Crippen molar-refractivity contribution in [1.82, 2.24) is 5.32 Å². The zero-order chi connectivity index (χ0) is 14.2. The zero-order valence-electron chi connectivity index (χ0n) is 12.5. The Kier molecular flexibility index (Phi) is 7.48. The minimum absolute atomic E-state index is 0.158. The van der Waals surface area contributed by atoms with Crippen LogP contribution in [0.3, 0.4) is 0 Å². The molecule has 0 aliphatic rings. The van der Waals surface area contributed by atoms with Crippen molar-refractivity contribution in [3.63, 3.8) is 0 Å². The number of rotatable bonds is 9. The lowest BCUT2D eigenvalue weighted by Crippen LogP contribution is -2.52. The molecule has 0 aromatic carbocycles. The van der Waals surface area contributed by atoms with Gasteiger partial charge in [-0.1, -0.05) is 13.8 Å². The average Bonchev–Trinajstić information content (AvgIpc) is 2.27. The Morgan fingerprint density at radius 3 is 2.28 bits per heavy atom. The molecule has 0 fully saturated rings. The van der Waals surface area contributed by atoms with Crippen molar-refractivity contribution in [3.8, 4) is 0 Å². The van der Waals surface area contributed by atoms with Gasteiger partial charge >= 0.3 is 5.97 Å². The molecule has 0 aromatic rings. The van der Waals surface area contributed by atoms with Crippen LogP contribution in [0.4, 0.5) is 0 Å². The summed E-state index contributed by atoms with van der Waals surface area (Å²) in [5.74, 6) is -0.755. The standard InChI is InChI=1S/C14H29NO3/c1-6-10-15-14(7-2,12(16)17)9-8-11-18-13(3,4)5/h15H,6-11H2,1-5H3,(H,16,17). The molecule has 18 heavy (non-hydrogen) atoms. The van der Waals surface area contributed by atoms with Gasteiger partial charge < -0.3 is 15.2 Å². The first-order valence-corrected chi connectivity index (χ1v) is 6.90. The number of hydrogen-bond acceptors (Lipinski definition) is 3. The van der Waals surface area contributed by atoms with Crippen LogP contribution >= 0.6 is 0 Å². The highest BCUT2D eigenvalue weighted by molar-refractivity contribution is 5.78. The molecule has 4 nitrogen and oxygen atoms in total. The lowest BCUT2D eigenvalue weighted by atomic mass is 9.90. The number of carboxylic acid groups (broad SMARTS) is 1. The Balaban J connectivity index is 4.28. The predicted octanol–water partition coefficient (Wildman–Crippen LogP) is 2.81. The quantitative estimate of drug-likeness (QED) is 0.625. The van der Waals surface area contributed by atoms with Crippen LogP contribution in [0.25, 0.3) is 0 Å². The van der Waals surface area contributed by atoms with E-state index in [1.165, 1.54) is 0 Å². The van der Waals surface area contributed by atoms with Gasteiger partial charge in [-0.25, -0.2) is 0 Å². The van der Waals surface area contributed by atoms with Crippen molar-refractivity contribution < 1.29 is 14.6 Å². The first kappa shape index (κ1) is 17.4. The van der Waals surface area contributed by atoms with Crippen LogP contribution < -0.4 is 5.32 Å². The maximum atomic E-state index is 11.4. The molecule has 0 bridgehead atoms. The van der Waals surface area contributed by atoms with E-state index in [4.69, 9.17) is 4.74 Å². The summed E-state index contributed by atoms with van der Waals surface area (Å²) in [6, 6.07) is 0. The van der Waals surface area contributed by atoms with E-state index < -0.39 is 11.5 Å². The highest BCUT2D eigenvalue weighted by Crippen LogP contribution is 2.19. The third-order valence-corrected chi connectivity index (χ3v) is 3.01. The molecular weight excluding hydrogens is 230 g/mol. The van der Waals surface area contributed by atoms with E-state index in [0.717, 1.165) is 19.4 Å². The largest absolute Gasteiger partial charge is 0.480 e. The van der Waals surface area contributed by atoms with E-state index in [-0.39, 0.29) is 5.60 Å². The van der Waals surface area contributed by atoms with Crippen LogP contribution in [-0.4, -0.2) is 35.4 Å². The minimum Gasteiger partial charge on any atom is -0.480 e. The molecule has 0 aliphatic heterocycles. The van der Waals surface area contributed by atoms with E-state index in [1.54, 1.807) is 0 Å². The summed E-state index contributed by atoms with van der Waals surface area (Å²) in [6.45, 7) is 11.3. The molecule has 1 unspecified atom stereocenters. The van der Waals surface area contributed by atoms with Gasteiger partial charge in [0.05, 0.1) is 5.60 Å². The normalized spacial score (nSPS) is 15.4. The molecule has 0 radical (unpaired) electrons. The molecule has 0 saturated heterocycles. The van der Waals surface area contributed by atoms with Gasteiger partial charge in [0.1, 0.15) is 5.54 Å². The van der Waals surface area contributed by atoms with Gasteiger partial charge in [-0.15, -0.1) is 0 Å². The molecule has 0 saturated carbocycles. The van der Waals surface area contributed by atoms with Gasteiger partial charge in [0, 0.05) is 6.61 Å². The van der Waals surface area contributed by atoms with E-state index in [9.17, 15) is 9.90 Å². The monoisotopic (exact) mass is 259 g/mol. The van der Waals surface area contributed by atoms with E-state index in [1.807, 2.05) is 34.6 Å². The Labute approximate surface area is 111 Å². The average molecular weight is 259 g/mol. The third-order valence-electron chi connectivity index (χ3n) is 3.01. The molecule has 108 valence electrons. The fraction of sp³-hybridized carbons (Fsp3) is 0.929. The number of carbonyl (C=O) groups is 1. The molecule has 0 aromatic heterocycles. The number of nitrogens with one attached hydrogen (secondary N) is 1. The molecule has 0 spiro atoms. The third kappa shape index (κ3) is 6.36. The second-order valence-corrected chi connectivity index (χ2v) is 5.73. The van der Waals surface area contributed by atoms with Crippen molar-refractivity contribution in [1.29, 1.82) is 0 Å². The molecule has 2 N–H and O–H groups in total. The van der Waals surface area contributed by atoms with Crippen LogP contribution in [-0.2, 0) is 9.53 Å². The number of aliphatic carboxylic acids is 1. The Bertz CT molecular complexity index is 248. The topological polar surface area (TPSA) is 58.6 Å². The highest BCUT2D eigenvalue weighted by Gasteiger charge is 2.35. The van der Waals surface area contributed by atoms with Crippen LogP contribution in [0.1, 0.15) is 60.3 Å². The smallest absolute Gasteiger partial charge is 0.323 e. The fourth-order valence-corrected chi connectivity index (χ4v) is 1.84. The van der Waals surface area contributed by atoms with Crippen molar-refractivity contribution >= 4 is 5.97 Å². The van der Waals surface area contributed by atoms with Crippen LogP contribution in [0.5, 0.6) is 0 Å². The van der Waals surface area contributed by atoms with Crippen LogP contribution in [0, 0.1) is 0 Å². The van der Waals surface area contributed by atoms with Crippen molar-refractivity contribution in [3.05, 3.63) is 0 Å². The van der Waals surface area contributed by atoms with Crippen molar-refractivity contribution in [2.45, 2.75) is 71.4 Å². The molecule has 0 rings (SSSR count). The summed E-state index contributed by atoms with van der Waals surface area (Å²) >= 11 is 0. The lowest BCUT2D eigenvalue weighted by molar-refractivity contribution is -0.145. The van der Waals surface area contributed by atoms with E-state index in [0.29, 0.717) is 19.4 Å². The Morgan fingerprint density at radius 2 is 1.89 bits per heavy atom. The lowest BCUT2D eigenvalue weighted by Gasteiger charge is -2.30. The Hall–Kier alpha value is -0.610. The maximum absolute atomic E-state index is 11.4. The fourth-order valence-electron chi connectivity index (χ4n) is 1.84. The SMILES string of the molecule is CCCNC(CC)(CCCOC(C)(C)C)C(=O)O. The van der Waals surface area contributed by atoms with Gasteiger partial charge in [0.25, 0.3) is 0 Å². The summed E-state index contributed by atoms with van der Waals surface area (Å²) < 4.78 is 5.63. The summed E-state index contributed by atoms with van der Waals surface area (Å²) in [5, 5.41) is 12.6. The van der Waals surface area contributed by atoms with E-state index >= 15 is 0 Å². The maximum Gasteiger partial charge on any atom is 0.323 e. The van der Waals surface area contributed by atoms with Gasteiger partial charge in [0.2, 0.25) is 0 Å².